The van der Waals surface area contributed by atoms with Crippen LogP contribution in [0.3, 0.4) is 0 Å². The van der Waals surface area contributed by atoms with Gasteiger partial charge in [-0.3, -0.25) is 9.59 Å². The number of hydrogen-bond donors (Lipinski definition) is 0. The summed E-state index contributed by atoms with van der Waals surface area (Å²) in [5.74, 6) is -1.04. The molecule has 6 heteroatoms. The van der Waals surface area contributed by atoms with Crippen LogP contribution in [0.25, 0.3) is 0 Å². The fourth-order valence-electron chi connectivity index (χ4n) is 1.24. The molecule has 0 saturated carbocycles. The summed E-state index contributed by atoms with van der Waals surface area (Å²) in [6, 6.07) is 3.12. The third kappa shape index (κ3) is 3.96. The molecule has 18 heavy (non-hydrogen) atoms. The Labute approximate surface area is 109 Å². The third-order valence-corrected chi connectivity index (χ3v) is 3.25. The van der Waals surface area contributed by atoms with Crippen LogP contribution in [0, 0.1) is 0 Å². The second-order valence-electron chi connectivity index (χ2n) is 3.38. The number of methoxy groups -OCH3 is 1. The number of carbonyl (C=O) groups is 3. The van der Waals surface area contributed by atoms with Gasteiger partial charge in [-0.05, 0) is 19.1 Å². The fraction of sp³-hybridized carbons (Fsp3) is 0.417. The Bertz CT molecular complexity index is 449. The average molecular weight is 270 g/mol. The van der Waals surface area contributed by atoms with E-state index in [0.717, 1.165) is 11.3 Å². The predicted molar refractivity (Wildman–Crippen MR) is 65.9 cm³/mol. The molecule has 1 aromatic heterocycles. The van der Waals surface area contributed by atoms with Gasteiger partial charge in [-0.2, -0.15) is 0 Å². The van der Waals surface area contributed by atoms with E-state index in [-0.39, 0.29) is 18.6 Å². The number of esters is 2. The third-order valence-electron chi connectivity index (χ3n) is 2.14. The zero-order valence-corrected chi connectivity index (χ0v) is 11.0. The molecule has 0 atom stereocenters. The molecule has 0 saturated heterocycles. The molecule has 0 bridgehead atoms. The van der Waals surface area contributed by atoms with Crippen molar-refractivity contribution < 1.29 is 23.9 Å². The van der Waals surface area contributed by atoms with Crippen LogP contribution < -0.4 is 0 Å². The summed E-state index contributed by atoms with van der Waals surface area (Å²) in [6.45, 7) is 2.01. The molecular formula is C12H14O5S. The number of ether oxygens (including phenoxy) is 2. The molecule has 1 aromatic rings. The van der Waals surface area contributed by atoms with Crippen LogP contribution in [0.5, 0.6) is 0 Å². The Morgan fingerprint density at radius 3 is 2.44 bits per heavy atom. The summed E-state index contributed by atoms with van der Waals surface area (Å²) in [6.07, 6.45) is 0.122. The van der Waals surface area contributed by atoms with E-state index in [9.17, 15) is 14.4 Å². The lowest BCUT2D eigenvalue weighted by Crippen LogP contribution is -2.05. The Morgan fingerprint density at radius 1 is 1.17 bits per heavy atom. The largest absolute Gasteiger partial charge is 0.469 e. The number of thiophene rings is 1. The minimum Gasteiger partial charge on any atom is -0.469 e. The molecule has 0 radical (unpaired) electrons. The van der Waals surface area contributed by atoms with Gasteiger partial charge in [-0.1, -0.05) is 0 Å². The standard InChI is InChI=1S/C12H14O5S/c1-3-17-12(15)10-6-5-9(18-10)8(13)4-7-11(14)16-2/h5-6H,3-4,7H2,1-2H3. The van der Waals surface area contributed by atoms with Crippen LogP contribution in [0.4, 0.5) is 0 Å². The highest BCUT2D eigenvalue weighted by molar-refractivity contribution is 7.15. The number of carbonyl (C=O) groups excluding carboxylic acids is 3. The quantitative estimate of drug-likeness (QED) is 0.584. The molecule has 1 rings (SSSR count). The molecule has 0 unspecified atom stereocenters. The molecule has 98 valence electrons. The van der Waals surface area contributed by atoms with Crippen molar-refractivity contribution in [3.8, 4) is 0 Å². The second-order valence-corrected chi connectivity index (χ2v) is 4.47. The molecule has 0 amide bonds. The molecule has 0 aliphatic carbocycles. The topological polar surface area (TPSA) is 69.7 Å². The van der Waals surface area contributed by atoms with Gasteiger partial charge < -0.3 is 9.47 Å². The van der Waals surface area contributed by atoms with Gasteiger partial charge >= 0.3 is 11.9 Å². The first-order chi connectivity index (χ1) is 8.58. The summed E-state index contributed by atoms with van der Waals surface area (Å²) in [5, 5.41) is 0. The highest BCUT2D eigenvalue weighted by Crippen LogP contribution is 2.19. The second kappa shape index (κ2) is 6.90. The van der Waals surface area contributed by atoms with Gasteiger partial charge in [0.05, 0.1) is 25.0 Å². The van der Waals surface area contributed by atoms with E-state index in [1.165, 1.54) is 7.11 Å². The van der Waals surface area contributed by atoms with Gasteiger partial charge in [0.1, 0.15) is 4.88 Å². The maximum Gasteiger partial charge on any atom is 0.348 e. The van der Waals surface area contributed by atoms with Crippen LogP contribution in [0.1, 0.15) is 39.1 Å². The maximum absolute atomic E-state index is 11.7. The van der Waals surface area contributed by atoms with E-state index in [1.54, 1.807) is 19.1 Å². The lowest BCUT2D eigenvalue weighted by atomic mass is 10.2. The minimum absolute atomic E-state index is 0.0436. The fourth-order valence-corrected chi connectivity index (χ4v) is 2.11. The normalized spacial score (nSPS) is 9.89. The Morgan fingerprint density at radius 2 is 1.83 bits per heavy atom. The Kier molecular flexibility index (Phi) is 5.51. The van der Waals surface area contributed by atoms with Gasteiger partial charge in [-0.25, -0.2) is 4.79 Å². The van der Waals surface area contributed by atoms with Crippen molar-refractivity contribution in [1.29, 1.82) is 0 Å². The lowest BCUT2D eigenvalue weighted by molar-refractivity contribution is -0.140. The molecule has 0 aliphatic rings. The van der Waals surface area contributed by atoms with E-state index < -0.39 is 11.9 Å². The summed E-state index contributed by atoms with van der Waals surface area (Å²) >= 11 is 1.07. The van der Waals surface area contributed by atoms with Gasteiger partial charge in [-0.15, -0.1) is 11.3 Å². The molecule has 0 N–H and O–H groups in total. The average Bonchev–Trinajstić information content (AvgIpc) is 2.85. The van der Waals surface area contributed by atoms with Crippen LogP contribution in [0.15, 0.2) is 12.1 Å². The highest BCUT2D eigenvalue weighted by Gasteiger charge is 2.15. The number of rotatable bonds is 6. The van der Waals surface area contributed by atoms with E-state index >= 15 is 0 Å². The monoisotopic (exact) mass is 270 g/mol. The summed E-state index contributed by atoms with van der Waals surface area (Å²) in [4.78, 5) is 34.8. The first kappa shape index (κ1) is 14.4. The van der Waals surface area contributed by atoms with Crippen molar-refractivity contribution in [2.45, 2.75) is 19.8 Å². The molecular weight excluding hydrogens is 256 g/mol. The van der Waals surface area contributed by atoms with Crippen LogP contribution in [0.2, 0.25) is 0 Å². The summed E-state index contributed by atoms with van der Waals surface area (Å²) in [5.41, 5.74) is 0. The van der Waals surface area contributed by atoms with E-state index in [4.69, 9.17) is 4.74 Å². The number of Topliss-reactive ketones (excluding diaryl/α,β-unsaturated/α-hetero) is 1. The molecule has 5 nitrogen and oxygen atoms in total. The van der Waals surface area contributed by atoms with E-state index in [0.29, 0.717) is 16.4 Å². The molecule has 1 heterocycles. The van der Waals surface area contributed by atoms with Crippen molar-refractivity contribution in [2.75, 3.05) is 13.7 Å². The van der Waals surface area contributed by atoms with Crippen LogP contribution in [-0.2, 0) is 14.3 Å². The Hall–Kier alpha value is -1.69. The predicted octanol–water partition coefficient (Wildman–Crippen LogP) is 2.06. The van der Waals surface area contributed by atoms with E-state index in [2.05, 4.69) is 4.74 Å². The smallest absolute Gasteiger partial charge is 0.348 e. The molecule has 0 aromatic carbocycles. The summed E-state index contributed by atoms with van der Waals surface area (Å²) in [7, 11) is 1.27. The number of hydrogen-bond acceptors (Lipinski definition) is 6. The molecule has 0 spiro atoms. The van der Waals surface area contributed by atoms with Gasteiger partial charge in [0.25, 0.3) is 0 Å². The molecule has 0 aliphatic heterocycles. The summed E-state index contributed by atoms with van der Waals surface area (Å²) < 4.78 is 9.27. The molecule has 0 fully saturated rings. The minimum atomic E-state index is -0.436. The van der Waals surface area contributed by atoms with Gasteiger partial charge in [0, 0.05) is 6.42 Å². The van der Waals surface area contributed by atoms with E-state index in [1.807, 2.05) is 0 Å². The van der Waals surface area contributed by atoms with Crippen LogP contribution >= 0.6 is 11.3 Å². The van der Waals surface area contributed by atoms with Crippen molar-refractivity contribution in [3.63, 3.8) is 0 Å². The van der Waals surface area contributed by atoms with Crippen LogP contribution in [-0.4, -0.2) is 31.4 Å². The zero-order chi connectivity index (χ0) is 13.5. The van der Waals surface area contributed by atoms with Crippen molar-refractivity contribution in [3.05, 3.63) is 21.9 Å². The van der Waals surface area contributed by atoms with Crippen molar-refractivity contribution >= 4 is 29.1 Å². The SMILES string of the molecule is CCOC(=O)c1ccc(C(=O)CCC(=O)OC)s1. The van der Waals surface area contributed by atoms with Crippen molar-refractivity contribution in [1.82, 2.24) is 0 Å². The van der Waals surface area contributed by atoms with Gasteiger partial charge in [0.2, 0.25) is 0 Å². The first-order valence-electron chi connectivity index (χ1n) is 5.45. The van der Waals surface area contributed by atoms with Crippen molar-refractivity contribution in [2.24, 2.45) is 0 Å². The van der Waals surface area contributed by atoms with Gasteiger partial charge in [0.15, 0.2) is 5.78 Å². The zero-order valence-electron chi connectivity index (χ0n) is 10.2. The highest BCUT2D eigenvalue weighted by atomic mass is 32.1. The lowest BCUT2D eigenvalue weighted by Gasteiger charge is -1.98. The number of ketones is 1. The first-order valence-corrected chi connectivity index (χ1v) is 6.27. The maximum atomic E-state index is 11.7. The Balaban J connectivity index is 2.59.